The molecule has 0 unspecified atom stereocenters. The second-order valence-electron chi connectivity index (χ2n) is 5.67. The lowest BCUT2D eigenvalue weighted by Gasteiger charge is -2.20. The predicted molar refractivity (Wildman–Crippen MR) is 77.4 cm³/mol. The van der Waals surface area contributed by atoms with E-state index in [1.165, 1.54) is 0 Å². The highest BCUT2D eigenvalue weighted by Gasteiger charge is 2.17. The van der Waals surface area contributed by atoms with Crippen molar-refractivity contribution in [2.24, 2.45) is 0 Å². The summed E-state index contributed by atoms with van der Waals surface area (Å²) in [7, 11) is 0. The first-order valence-electron chi connectivity index (χ1n) is 6.74. The van der Waals surface area contributed by atoms with Gasteiger partial charge in [0.2, 0.25) is 0 Å². The maximum absolute atomic E-state index is 12.1. The highest BCUT2D eigenvalue weighted by atomic mass is 16.2. The summed E-state index contributed by atoms with van der Waals surface area (Å²) in [4.78, 5) is 20.5. The van der Waals surface area contributed by atoms with Crippen molar-refractivity contribution in [2.75, 3.05) is 11.9 Å². The van der Waals surface area contributed by atoms with Gasteiger partial charge in [-0.05, 0) is 34.1 Å². The molecule has 19 heavy (non-hydrogen) atoms. The lowest BCUT2D eigenvalue weighted by molar-refractivity contribution is 0.0914. The van der Waals surface area contributed by atoms with Gasteiger partial charge in [-0.25, -0.2) is 9.97 Å². The number of aromatic nitrogens is 2. The summed E-state index contributed by atoms with van der Waals surface area (Å²) in [6, 6.07) is 1.70. The molecule has 0 bridgehead atoms. The zero-order valence-electron chi connectivity index (χ0n) is 12.5. The van der Waals surface area contributed by atoms with E-state index in [0.29, 0.717) is 17.3 Å². The van der Waals surface area contributed by atoms with Crippen LogP contribution < -0.4 is 10.6 Å². The van der Waals surface area contributed by atoms with Crippen LogP contribution >= 0.6 is 0 Å². The van der Waals surface area contributed by atoms with Crippen molar-refractivity contribution in [3.05, 3.63) is 17.6 Å². The van der Waals surface area contributed by atoms with Crippen molar-refractivity contribution >= 4 is 11.7 Å². The van der Waals surface area contributed by atoms with Crippen LogP contribution in [0.4, 0.5) is 5.82 Å². The zero-order valence-corrected chi connectivity index (χ0v) is 12.5. The molecule has 0 saturated heterocycles. The molecule has 0 fully saturated rings. The normalized spacial score (nSPS) is 11.2. The van der Waals surface area contributed by atoms with Crippen LogP contribution in [0.3, 0.4) is 0 Å². The lowest BCUT2D eigenvalue weighted by Crippen LogP contribution is -2.41. The molecular formula is C14H24N4O. The van der Waals surface area contributed by atoms with Crippen LogP contribution in [0.5, 0.6) is 0 Å². The number of aryl methyl sites for hydroxylation is 1. The van der Waals surface area contributed by atoms with Crippen LogP contribution in [0.25, 0.3) is 0 Å². The summed E-state index contributed by atoms with van der Waals surface area (Å²) in [5.74, 6) is 1.14. The third kappa shape index (κ3) is 5.68. The van der Waals surface area contributed by atoms with Crippen molar-refractivity contribution in [3.8, 4) is 0 Å². The molecule has 0 saturated carbocycles. The van der Waals surface area contributed by atoms with Crippen LogP contribution in [0.1, 0.15) is 56.8 Å². The standard InChI is InChI=1S/C14H24N4O/c1-6-7-8-15-12-9-11(16-10(2)17-12)13(19)18-14(3,4)5/h9H,6-8H2,1-5H3,(H,18,19)(H,15,16,17). The number of nitrogens with one attached hydrogen (secondary N) is 2. The van der Waals surface area contributed by atoms with E-state index in [2.05, 4.69) is 27.5 Å². The van der Waals surface area contributed by atoms with Gasteiger partial charge in [-0.2, -0.15) is 0 Å². The summed E-state index contributed by atoms with van der Waals surface area (Å²) in [5, 5.41) is 6.11. The molecule has 0 aliphatic rings. The zero-order chi connectivity index (χ0) is 14.5. The van der Waals surface area contributed by atoms with Gasteiger partial charge in [0, 0.05) is 18.2 Å². The van der Waals surface area contributed by atoms with E-state index in [4.69, 9.17) is 0 Å². The van der Waals surface area contributed by atoms with E-state index in [1.807, 2.05) is 20.8 Å². The average molecular weight is 264 g/mol. The van der Waals surface area contributed by atoms with Gasteiger partial charge in [-0.3, -0.25) is 4.79 Å². The van der Waals surface area contributed by atoms with Crippen LogP contribution in [-0.4, -0.2) is 28.0 Å². The molecule has 106 valence electrons. The number of carbonyl (C=O) groups excluding carboxylic acids is 1. The molecule has 2 N–H and O–H groups in total. The Labute approximate surface area is 115 Å². The summed E-state index contributed by atoms with van der Waals surface area (Å²) in [6.07, 6.45) is 2.20. The summed E-state index contributed by atoms with van der Waals surface area (Å²) < 4.78 is 0. The highest BCUT2D eigenvalue weighted by Crippen LogP contribution is 2.09. The molecule has 5 nitrogen and oxygen atoms in total. The van der Waals surface area contributed by atoms with Crippen LogP contribution in [0, 0.1) is 6.92 Å². The maximum Gasteiger partial charge on any atom is 0.270 e. The fourth-order valence-corrected chi connectivity index (χ4v) is 1.57. The first-order chi connectivity index (χ1) is 8.81. The van der Waals surface area contributed by atoms with Gasteiger partial charge in [0.1, 0.15) is 17.3 Å². The Bertz CT molecular complexity index is 438. The third-order valence-corrected chi connectivity index (χ3v) is 2.40. The minimum absolute atomic E-state index is 0.170. The van der Waals surface area contributed by atoms with Gasteiger partial charge >= 0.3 is 0 Å². The van der Waals surface area contributed by atoms with Crippen molar-refractivity contribution in [1.29, 1.82) is 0 Å². The Kier molecular flexibility index (Phi) is 5.27. The monoisotopic (exact) mass is 264 g/mol. The number of hydrogen-bond acceptors (Lipinski definition) is 4. The SMILES string of the molecule is CCCCNc1cc(C(=O)NC(C)(C)C)nc(C)n1. The molecule has 0 radical (unpaired) electrons. The number of carbonyl (C=O) groups is 1. The van der Waals surface area contributed by atoms with E-state index >= 15 is 0 Å². The Morgan fingerprint density at radius 1 is 1.32 bits per heavy atom. The number of unbranched alkanes of at least 4 members (excludes halogenated alkanes) is 1. The fourth-order valence-electron chi connectivity index (χ4n) is 1.57. The number of hydrogen-bond donors (Lipinski definition) is 2. The van der Waals surface area contributed by atoms with Crippen LogP contribution in [0.15, 0.2) is 6.07 Å². The molecule has 0 aliphatic carbocycles. The van der Waals surface area contributed by atoms with Gasteiger partial charge in [0.25, 0.3) is 5.91 Å². The third-order valence-electron chi connectivity index (χ3n) is 2.40. The molecule has 1 amide bonds. The van der Waals surface area contributed by atoms with Crippen molar-refractivity contribution < 1.29 is 4.79 Å². The van der Waals surface area contributed by atoms with Crippen molar-refractivity contribution in [1.82, 2.24) is 15.3 Å². The molecule has 5 heteroatoms. The van der Waals surface area contributed by atoms with E-state index in [1.54, 1.807) is 13.0 Å². The molecule has 1 aromatic rings. The lowest BCUT2D eigenvalue weighted by atomic mass is 10.1. The van der Waals surface area contributed by atoms with Gasteiger partial charge in [-0.1, -0.05) is 13.3 Å². The quantitative estimate of drug-likeness (QED) is 0.802. The Morgan fingerprint density at radius 2 is 2.00 bits per heavy atom. The second-order valence-corrected chi connectivity index (χ2v) is 5.67. The van der Waals surface area contributed by atoms with E-state index in [0.717, 1.165) is 19.4 Å². The molecule has 1 aromatic heterocycles. The maximum atomic E-state index is 12.1. The van der Waals surface area contributed by atoms with E-state index in [-0.39, 0.29) is 11.4 Å². The molecule has 0 spiro atoms. The van der Waals surface area contributed by atoms with Crippen LogP contribution in [0.2, 0.25) is 0 Å². The minimum Gasteiger partial charge on any atom is -0.370 e. The van der Waals surface area contributed by atoms with Crippen molar-refractivity contribution in [2.45, 2.75) is 53.0 Å². The molecule has 1 heterocycles. The molecular weight excluding hydrogens is 240 g/mol. The number of nitrogens with zero attached hydrogens (tertiary/aromatic N) is 2. The van der Waals surface area contributed by atoms with Gasteiger partial charge < -0.3 is 10.6 Å². The summed E-state index contributed by atoms with van der Waals surface area (Å²) in [6.45, 7) is 10.6. The summed E-state index contributed by atoms with van der Waals surface area (Å²) in [5.41, 5.74) is 0.132. The number of rotatable bonds is 5. The van der Waals surface area contributed by atoms with Gasteiger partial charge in [-0.15, -0.1) is 0 Å². The van der Waals surface area contributed by atoms with E-state index < -0.39 is 0 Å². The molecule has 0 aliphatic heterocycles. The van der Waals surface area contributed by atoms with Gasteiger partial charge in [0.15, 0.2) is 0 Å². The number of anilines is 1. The topological polar surface area (TPSA) is 66.9 Å². The largest absolute Gasteiger partial charge is 0.370 e. The summed E-state index contributed by atoms with van der Waals surface area (Å²) >= 11 is 0. The van der Waals surface area contributed by atoms with Gasteiger partial charge in [0.05, 0.1) is 0 Å². The van der Waals surface area contributed by atoms with E-state index in [9.17, 15) is 4.79 Å². The Hall–Kier alpha value is -1.65. The molecule has 1 rings (SSSR count). The highest BCUT2D eigenvalue weighted by molar-refractivity contribution is 5.93. The first kappa shape index (κ1) is 15.4. The molecule has 0 aromatic carbocycles. The van der Waals surface area contributed by atoms with Crippen LogP contribution in [-0.2, 0) is 0 Å². The second kappa shape index (κ2) is 6.50. The minimum atomic E-state index is -0.272. The fraction of sp³-hybridized carbons (Fsp3) is 0.643. The molecule has 0 atom stereocenters. The average Bonchev–Trinajstić information content (AvgIpc) is 2.26. The Morgan fingerprint density at radius 3 is 2.58 bits per heavy atom. The predicted octanol–water partition coefficient (Wildman–Crippen LogP) is 2.53. The first-order valence-corrected chi connectivity index (χ1v) is 6.74. The Balaban J connectivity index is 2.81. The van der Waals surface area contributed by atoms with Crippen molar-refractivity contribution in [3.63, 3.8) is 0 Å². The number of amides is 1. The smallest absolute Gasteiger partial charge is 0.270 e.